The van der Waals surface area contributed by atoms with Crippen molar-refractivity contribution in [2.75, 3.05) is 12.4 Å². The van der Waals surface area contributed by atoms with Gasteiger partial charge >= 0.3 is 0 Å². The maximum absolute atomic E-state index is 5.16. The second-order valence-corrected chi connectivity index (χ2v) is 6.59. The van der Waals surface area contributed by atoms with E-state index in [-0.39, 0.29) is 11.0 Å². The third-order valence-electron chi connectivity index (χ3n) is 2.46. The number of nitrogens with one attached hydrogen (secondary N) is 1. The van der Waals surface area contributed by atoms with Crippen molar-refractivity contribution in [2.45, 2.75) is 53.5 Å². The third kappa shape index (κ3) is 4.90. The summed E-state index contributed by atoms with van der Waals surface area (Å²) in [7, 11) is 1.62. The minimum Gasteiger partial charge on any atom is -0.481 e. The van der Waals surface area contributed by atoms with Crippen LogP contribution in [0.4, 0.5) is 5.82 Å². The van der Waals surface area contributed by atoms with E-state index < -0.39 is 0 Å². The molecule has 1 N–H and O–H groups in total. The van der Waals surface area contributed by atoms with Crippen LogP contribution >= 0.6 is 0 Å². The average Bonchev–Trinajstić information content (AvgIpc) is 2.11. The van der Waals surface area contributed by atoms with Crippen LogP contribution in [0.25, 0.3) is 0 Å². The van der Waals surface area contributed by atoms with Crippen molar-refractivity contribution < 1.29 is 4.74 Å². The molecule has 1 heterocycles. The van der Waals surface area contributed by atoms with E-state index in [0.717, 1.165) is 12.2 Å². The first-order valence-electron chi connectivity index (χ1n) is 6.29. The number of hydrogen-bond acceptors (Lipinski definition) is 4. The summed E-state index contributed by atoms with van der Waals surface area (Å²) >= 11 is 0. The lowest BCUT2D eigenvalue weighted by Gasteiger charge is -2.33. The molecule has 0 amide bonds. The summed E-state index contributed by atoms with van der Waals surface area (Å²) in [4.78, 5) is 8.58. The molecule has 0 unspecified atom stereocenters. The second kappa shape index (κ2) is 5.12. The molecule has 0 aromatic carbocycles. The van der Waals surface area contributed by atoms with Gasteiger partial charge in [-0.15, -0.1) is 0 Å². The standard InChI is InChI=1S/C14H25N3O/c1-10-15-11(8-12(16-10)18-7)17-14(5,6)9-13(2,3)4/h8H,9H2,1-7H3,(H,15,16,17). The average molecular weight is 251 g/mol. The zero-order valence-electron chi connectivity index (χ0n) is 12.6. The summed E-state index contributed by atoms with van der Waals surface area (Å²) < 4.78 is 5.16. The summed E-state index contributed by atoms with van der Waals surface area (Å²) in [6, 6.07) is 1.83. The van der Waals surface area contributed by atoms with Gasteiger partial charge in [-0.2, -0.15) is 4.98 Å². The van der Waals surface area contributed by atoms with Gasteiger partial charge < -0.3 is 10.1 Å². The van der Waals surface area contributed by atoms with Gasteiger partial charge in [-0.05, 0) is 32.6 Å². The van der Waals surface area contributed by atoms with Crippen LogP contribution < -0.4 is 10.1 Å². The van der Waals surface area contributed by atoms with Crippen LogP contribution in [0, 0.1) is 12.3 Å². The van der Waals surface area contributed by atoms with Gasteiger partial charge in [0.15, 0.2) is 0 Å². The predicted molar refractivity (Wildman–Crippen MR) is 75.1 cm³/mol. The number of aromatic nitrogens is 2. The van der Waals surface area contributed by atoms with Crippen LogP contribution in [0.2, 0.25) is 0 Å². The molecular formula is C14H25N3O. The number of anilines is 1. The molecule has 0 atom stereocenters. The largest absolute Gasteiger partial charge is 0.481 e. The summed E-state index contributed by atoms with van der Waals surface area (Å²) in [6.45, 7) is 12.9. The van der Waals surface area contributed by atoms with Crippen molar-refractivity contribution >= 4 is 5.82 Å². The molecule has 0 aliphatic rings. The number of aryl methyl sites for hydroxylation is 1. The van der Waals surface area contributed by atoms with Gasteiger partial charge in [-0.25, -0.2) is 4.98 Å². The maximum atomic E-state index is 5.16. The first kappa shape index (κ1) is 14.7. The number of ether oxygens (including phenoxy) is 1. The Balaban J connectivity index is 2.86. The molecule has 1 rings (SSSR count). The molecule has 0 fully saturated rings. The highest BCUT2D eigenvalue weighted by Crippen LogP contribution is 2.29. The highest BCUT2D eigenvalue weighted by atomic mass is 16.5. The number of rotatable bonds is 4. The van der Waals surface area contributed by atoms with Crippen LogP contribution in [-0.2, 0) is 0 Å². The molecule has 18 heavy (non-hydrogen) atoms. The van der Waals surface area contributed by atoms with E-state index >= 15 is 0 Å². The minimum absolute atomic E-state index is 0.0238. The van der Waals surface area contributed by atoms with Gasteiger partial charge in [0.25, 0.3) is 0 Å². The van der Waals surface area contributed by atoms with Crippen molar-refractivity contribution in [3.63, 3.8) is 0 Å². The van der Waals surface area contributed by atoms with Crippen LogP contribution in [-0.4, -0.2) is 22.6 Å². The van der Waals surface area contributed by atoms with Crippen LogP contribution in [0.5, 0.6) is 5.88 Å². The van der Waals surface area contributed by atoms with Crippen molar-refractivity contribution in [3.05, 3.63) is 11.9 Å². The molecule has 1 aromatic heterocycles. The molecule has 0 radical (unpaired) electrons. The third-order valence-corrected chi connectivity index (χ3v) is 2.46. The van der Waals surface area contributed by atoms with Crippen LogP contribution in [0.3, 0.4) is 0 Å². The number of methoxy groups -OCH3 is 1. The summed E-state index contributed by atoms with van der Waals surface area (Å²) in [5.74, 6) is 2.12. The SMILES string of the molecule is COc1cc(NC(C)(C)CC(C)(C)C)nc(C)n1. The Kier molecular flexibility index (Phi) is 4.20. The Bertz CT molecular complexity index is 408. The normalized spacial score (nSPS) is 12.4. The molecule has 0 saturated heterocycles. The van der Waals surface area contributed by atoms with Crippen molar-refractivity contribution in [1.29, 1.82) is 0 Å². The monoisotopic (exact) mass is 251 g/mol. The topological polar surface area (TPSA) is 47.0 Å². The van der Waals surface area contributed by atoms with E-state index in [9.17, 15) is 0 Å². The van der Waals surface area contributed by atoms with Gasteiger partial charge in [0.1, 0.15) is 11.6 Å². The molecule has 0 spiro atoms. The second-order valence-electron chi connectivity index (χ2n) is 6.59. The minimum atomic E-state index is -0.0238. The van der Waals surface area contributed by atoms with E-state index in [4.69, 9.17) is 4.74 Å². The summed E-state index contributed by atoms with van der Waals surface area (Å²) in [5, 5.41) is 3.46. The maximum Gasteiger partial charge on any atom is 0.218 e. The zero-order chi connectivity index (χ0) is 14.0. The molecule has 1 aromatic rings. The van der Waals surface area contributed by atoms with Crippen LogP contribution in [0.1, 0.15) is 46.9 Å². The quantitative estimate of drug-likeness (QED) is 0.890. The Morgan fingerprint density at radius 2 is 1.78 bits per heavy atom. The summed E-state index contributed by atoms with van der Waals surface area (Å²) in [5.41, 5.74) is 0.243. The van der Waals surface area contributed by atoms with E-state index in [1.807, 2.05) is 13.0 Å². The number of nitrogens with zero attached hydrogens (tertiary/aromatic N) is 2. The first-order valence-corrected chi connectivity index (χ1v) is 6.29. The lowest BCUT2D eigenvalue weighted by atomic mass is 9.82. The Labute approximate surface area is 110 Å². The zero-order valence-corrected chi connectivity index (χ0v) is 12.6. The predicted octanol–water partition coefficient (Wildman–Crippen LogP) is 3.42. The van der Waals surface area contributed by atoms with E-state index in [1.165, 1.54) is 0 Å². The lowest BCUT2D eigenvalue weighted by molar-refractivity contribution is 0.302. The van der Waals surface area contributed by atoms with Gasteiger partial charge in [-0.3, -0.25) is 0 Å². The highest BCUT2D eigenvalue weighted by Gasteiger charge is 2.25. The van der Waals surface area contributed by atoms with Gasteiger partial charge in [-0.1, -0.05) is 20.8 Å². The van der Waals surface area contributed by atoms with E-state index in [2.05, 4.69) is 49.9 Å². The summed E-state index contributed by atoms with van der Waals surface area (Å²) in [6.07, 6.45) is 1.05. The number of hydrogen-bond donors (Lipinski definition) is 1. The highest BCUT2D eigenvalue weighted by molar-refractivity contribution is 5.40. The van der Waals surface area contributed by atoms with Crippen LogP contribution in [0.15, 0.2) is 6.07 Å². The smallest absolute Gasteiger partial charge is 0.218 e. The Morgan fingerprint density at radius 1 is 1.17 bits per heavy atom. The molecule has 0 aliphatic heterocycles. The molecule has 4 heteroatoms. The van der Waals surface area contributed by atoms with E-state index in [0.29, 0.717) is 11.7 Å². The Morgan fingerprint density at radius 3 is 2.28 bits per heavy atom. The van der Waals surface area contributed by atoms with Crippen molar-refractivity contribution in [1.82, 2.24) is 9.97 Å². The fourth-order valence-corrected chi connectivity index (χ4v) is 2.43. The van der Waals surface area contributed by atoms with Gasteiger partial charge in [0.05, 0.1) is 7.11 Å². The fourth-order valence-electron chi connectivity index (χ4n) is 2.43. The molecule has 102 valence electrons. The van der Waals surface area contributed by atoms with Crippen molar-refractivity contribution in [3.8, 4) is 5.88 Å². The van der Waals surface area contributed by atoms with E-state index in [1.54, 1.807) is 7.11 Å². The van der Waals surface area contributed by atoms with Crippen molar-refractivity contribution in [2.24, 2.45) is 5.41 Å². The molecular weight excluding hydrogens is 226 g/mol. The lowest BCUT2D eigenvalue weighted by Crippen LogP contribution is -2.35. The molecule has 0 saturated carbocycles. The van der Waals surface area contributed by atoms with Gasteiger partial charge in [0.2, 0.25) is 5.88 Å². The fraction of sp³-hybridized carbons (Fsp3) is 0.714. The van der Waals surface area contributed by atoms with Gasteiger partial charge in [0, 0.05) is 11.6 Å². The molecule has 0 aliphatic carbocycles. The molecule has 0 bridgehead atoms. The Hall–Kier alpha value is -1.32. The first-order chi connectivity index (χ1) is 8.11. The molecule has 4 nitrogen and oxygen atoms in total.